The first-order valence-corrected chi connectivity index (χ1v) is 6.67. The molecule has 8 nitrogen and oxygen atoms in total. The number of aryl methyl sites for hydroxylation is 1. The molecular weight excluding hydrogens is 280 g/mol. The molecule has 0 saturated carbocycles. The normalized spacial score (nSPS) is 11.1. The summed E-state index contributed by atoms with van der Waals surface area (Å²) >= 11 is 1.13. The van der Waals surface area contributed by atoms with E-state index in [9.17, 15) is 4.79 Å². The minimum atomic E-state index is -0.889. The molecule has 0 aromatic carbocycles. The lowest BCUT2D eigenvalue weighted by Gasteiger charge is -1.94. The number of thioether (sulfide) groups is 1. The van der Waals surface area contributed by atoms with Crippen LogP contribution in [0.2, 0.25) is 0 Å². The maximum absolute atomic E-state index is 10.6. The molecule has 1 N–H and O–H groups in total. The van der Waals surface area contributed by atoms with Crippen LogP contribution in [0.1, 0.15) is 0 Å². The number of hydrogen-bond acceptors (Lipinski definition) is 6. The van der Waals surface area contributed by atoms with E-state index in [-0.39, 0.29) is 5.75 Å². The first kappa shape index (κ1) is 12.6. The van der Waals surface area contributed by atoms with E-state index in [1.165, 1.54) is 0 Å². The summed E-state index contributed by atoms with van der Waals surface area (Å²) in [6.07, 6.45) is 6.73. The second kappa shape index (κ2) is 4.93. The standard InChI is InChI=1S/C11H10N6O2S/c1-16-11(20-6-9(18)19)14-10(15-16)7-4-13-17-3-2-12-5-8(7)17/h2-5H,6H2,1H3,(H,18,19). The highest BCUT2D eigenvalue weighted by molar-refractivity contribution is 7.99. The number of carbonyl (C=O) groups is 1. The zero-order valence-electron chi connectivity index (χ0n) is 10.5. The quantitative estimate of drug-likeness (QED) is 0.706. The summed E-state index contributed by atoms with van der Waals surface area (Å²) in [7, 11) is 1.73. The molecule has 0 atom stereocenters. The fraction of sp³-hybridized carbons (Fsp3) is 0.182. The average Bonchev–Trinajstić information content (AvgIpc) is 3.00. The van der Waals surface area contributed by atoms with Crippen LogP contribution in [0.3, 0.4) is 0 Å². The summed E-state index contributed by atoms with van der Waals surface area (Å²) in [5.41, 5.74) is 1.56. The predicted octanol–water partition coefficient (Wildman–Crippen LogP) is 0.701. The molecule has 0 spiro atoms. The first-order chi connectivity index (χ1) is 9.65. The Balaban J connectivity index is 1.98. The fourth-order valence-corrected chi connectivity index (χ4v) is 2.37. The van der Waals surface area contributed by atoms with E-state index in [1.807, 2.05) is 0 Å². The van der Waals surface area contributed by atoms with Gasteiger partial charge in [-0.25, -0.2) is 14.2 Å². The van der Waals surface area contributed by atoms with Crippen molar-refractivity contribution >= 4 is 23.2 Å². The lowest BCUT2D eigenvalue weighted by molar-refractivity contribution is -0.133. The number of aliphatic carboxylic acids is 1. The van der Waals surface area contributed by atoms with Crippen LogP contribution >= 0.6 is 11.8 Å². The van der Waals surface area contributed by atoms with E-state index >= 15 is 0 Å². The Kier molecular flexibility index (Phi) is 3.11. The van der Waals surface area contributed by atoms with Crippen molar-refractivity contribution in [3.8, 4) is 11.4 Å². The van der Waals surface area contributed by atoms with Crippen molar-refractivity contribution in [2.24, 2.45) is 7.05 Å². The number of rotatable bonds is 4. The molecule has 0 amide bonds. The molecule has 0 unspecified atom stereocenters. The van der Waals surface area contributed by atoms with E-state index < -0.39 is 5.97 Å². The van der Waals surface area contributed by atoms with Crippen LogP contribution in [0.25, 0.3) is 16.9 Å². The van der Waals surface area contributed by atoms with Gasteiger partial charge in [0.25, 0.3) is 0 Å². The number of hydrogen-bond donors (Lipinski definition) is 1. The second-order valence-electron chi connectivity index (χ2n) is 3.99. The largest absolute Gasteiger partial charge is 0.481 e. The number of nitrogens with zero attached hydrogens (tertiary/aromatic N) is 6. The monoisotopic (exact) mass is 290 g/mol. The third-order valence-corrected chi connectivity index (χ3v) is 3.62. The van der Waals surface area contributed by atoms with E-state index in [0.29, 0.717) is 11.0 Å². The molecule has 3 heterocycles. The molecule has 0 aliphatic heterocycles. The summed E-state index contributed by atoms with van der Waals surface area (Å²) in [4.78, 5) is 19.0. The van der Waals surface area contributed by atoms with Crippen molar-refractivity contribution in [1.82, 2.24) is 29.4 Å². The maximum atomic E-state index is 10.6. The number of carboxylic acid groups (broad SMARTS) is 1. The molecule has 0 saturated heterocycles. The van der Waals surface area contributed by atoms with Gasteiger partial charge in [-0.3, -0.25) is 9.78 Å². The van der Waals surface area contributed by atoms with Crippen LogP contribution < -0.4 is 0 Å². The summed E-state index contributed by atoms with van der Waals surface area (Å²) in [6.45, 7) is 0. The Morgan fingerprint density at radius 1 is 1.45 bits per heavy atom. The van der Waals surface area contributed by atoms with Crippen LogP contribution in [0, 0.1) is 0 Å². The molecule has 102 valence electrons. The Bertz CT molecular complexity index is 780. The zero-order chi connectivity index (χ0) is 14.1. The van der Waals surface area contributed by atoms with Gasteiger partial charge >= 0.3 is 5.97 Å². The molecule has 3 aromatic heterocycles. The topological polar surface area (TPSA) is 98.2 Å². The lowest BCUT2D eigenvalue weighted by Crippen LogP contribution is -2.00. The summed E-state index contributed by atoms with van der Waals surface area (Å²) in [5.74, 6) is -0.439. The van der Waals surface area contributed by atoms with Gasteiger partial charge in [-0.15, -0.1) is 0 Å². The van der Waals surface area contributed by atoms with Gasteiger partial charge in [0.15, 0.2) is 11.0 Å². The van der Waals surface area contributed by atoms with Gasteiger partial charge in [-0.05, 0) is 0 Å². The molecule has 3 rings (SSSR count). The minimum Gasteiger partial charge on any atom is -0.481 e. The van der Waals surface area contributed by atoms with Gasteiger partial charge in [0.05, 0.1) is 29.2 Å². The molecule has 0 bridgehead atoms. The Hall–Kier alpha value is -2.42. The van der Waals surface area contributed by atoms with Gasteiger partial charge in [0.2, 0.25) is 0 Å². The fourth-order valence-electron chi connectivity index (χ4n) is 1.74. The second-order valence-corrected chi connectivity index (χ2v) is 4.93. The Labute approximate surface area is 117 Å². The molecule has 0 aliphatic rings. The van der Waals surface area contributed by atoms with Crippen molar-refractivity contribution in [3.05, 3.63) is 24.8 Å². The Morgan fingerprint density at radius 3 is 3.10 bits per heavy atom. The number of carboxylic acids is 1. The molecule has 3 aromatic rings. The average molecular weight is 290 g/mol. The van der Waals surface area contributed by atoms with Crippen LogP contribution in [0.5, 0.6) is 0 Å². The van der Waals surface area contributed by atoms with Crippen LogP contribution in [-0.4, -0.2) is 46.2 Å². The van der Waals surface area contributed by atoms with Gasteiger partial charge in [-0.1, -0.05) is 11.8 Å². The minimum absolute atomic E-state index is 0.0533. The van der Waals surface area contributed by atoms with E-state index in [4.69, 9.17) is 5.11 Å². The Morgan fingerprint density at radius 2 is 2.30 bits per heavy atom. The SMILES string of the molecule is Cn1nc(-c2cnn3ccncc23)nc1SCC(=O)O. The zero-order valence-corrected chi connectivity index (χ0v) is 11.3. The maximum Gasteiger partial charge on any atom is 0.313 e. The van der Waals surface area contributed by atoms with Crippen LogP contribution in [-0.2, 0) is 11.8 Å². The summed E-state index contributed by atoms with van der Waals surface area (Å²) in [6, 6.07) is 0. The lowest BCUT2D eigenvalue weighted by atomic mass is 10.3. The number of aromatic nitrogens is 6. The number of fused-ring (bicyclic) bond motifs is 1. The van der Waals surface area contributed by atoms with Crippen molar-refractivity contribution < 1.29 is 9.90 Å². The van der Waals surface area contributed by atoms with E-state index in [0.717, 1.165) is 22.8 Å². The highest BCUT2D eigenvalue weighted by Gasteiger charge is 2.15. The predicted molar refractivity (Wildman–Crippen MR) is 71.3 cm³/mol. The molecule has 20 heavy (non-hydrogen) atoms. The highest BCUT2D eigenvalue weighted by atomic mass is 32.2. The first-order valence-electron chi connectivity index (χ1n) is 5.68. The molecular formula is C11H10N6O2S. The van der Waals surface area contributed by atoms with Crippen molar-refractivity contribution in [1.29, 1.82) is 0 Å². The van der Waals surface area contributed by atoms with Crippen molar-refractivity contribution in [2.75, 3.05) is 5.75 Å². The van der Waals surface area contributed by atoms with E-state index in [2.05, 4.69) is 20.2 Å². The highest BCUT2D eigenvalue weighted by Crippen LogP contribution is 2.23. The molecule has 0 fully saturated rings. The van der Waals surface area contributed by atoms with Crippen molar-refractivity contribution in [2.45, 2.75) is 5.16 Å². The van der Waals surface area contributed by atoms with Gasteiger partial charge < -0.3 is 5.11 Å². The summed E-state index contributed by atoms with van der Waals surface area (Å²) in [5, 5.41) is 17.7. The van der Waals surface area contributed by atoms with Crippen LogP contribution in [0.4, 0.5) is 0 Å². The summed E-state index contributed by atoms with van der Waals surface area (Å²) < 4.78 is 3.24. The van der Waals surface area contributed by atoms with Crippen LogP contribution in [0.15, 0.2) is 29.9 Å². The molecule has 9 heteroatoms. The van der Waals surface area contributed by atoms with E-state index in [1.54, 1.807) is 41.0 Å². The molecule has 0 aliphatic carbocycles. The third-order valence-electron chi connectivity index (χ3n) is 2.61. The van der Waals surface area contributed by atoms with Gasteiger partial charge in [-0.2, -0.15) is 10.2 Å². The third kappa shape index (κ3) is 2.23. The van der Waals surface area contributed by atoms with Gasteiger partial charge in [0, 0.05) is 19.4 Å². The smallest absolute Gasteiger partial charge is 0.313 e. The molecule has 0 radical (unpaired) electrons. The van der Waals surface area contributed by atoms with Crippen molar-refractivity contribution in [3.63, 3.8) is 0 Å². The van der Waals surface area contributed by atoms with Gasteiger partial charge in [0.1, 0.15) is 0 Å².